The monoisotopic (exact) mass is 414 g/mol. The predicted octanol–water partition coefficient (Wildman–Crippen LogP) is 3.06. The van der Waals surface area contributed by atoms with E-state index < -0.39 is 0 Å². The number of amides is 1. The number of hydrogen-bond donors (Lipinski definition) is 1. The topological polar surface area (TPSA) is 67.5 Å². The van der Waals surface area contributed by atoms with Crippen LogP contribution in [-0.2, 0) is 7.05 Å². The van der Waals surface area contributed by atoms with Gasteiger partial charge in [0.2, 0.25) is 0 Å². The number of pyridine rings is 1. The van der Waals surface area contributed by atoms with Crippen molar-refractivity contribution in [1.29, 1.82) is 0 Å². The average molecular weight is 415 g/mol. The molecule has 1 saturated heterocycles. The van der Waals surface area contributed by atoms with Gasteiger partial charge >= 0.3 is 0 Å². The second-order valence-corrected chi connectivity index (χ2v) is 8.08. The second kappa shape index (κ2) is 7.67. The molecular formula is C24H26N6O. The number of imidazole rings is 1. The molecule has 0 aliphatic carbocycles. The Bertz CT molecular complexity index is 1280. The predicted molar refractivity (Wildman–Crippen MR) is 121 cm³/mol. The van der Waals surface area contributed by atoms with Gasteiger partial charge in [0, 0.05) is 68.0 Å². The maximum absolute atomic E-state index is 12.9. The summed E-state index contributed by atoms with van der Waals surface area (Å²) < 4.78 is 3.89. The van der Waals surface area contributed by atoms with Gasteiger partial charge in [0.05, 0.1) is 11.4 Å². The number of nitrogens with one attached hydrogen (secondary N) is 1. The molecule has 1 aliphatic heterocycles. The number of rotatable bonds is 3. The van der Waals surface area contributed by atoms with Crippen LogP contribution in [-0.4, -0.2) is 56.2 Å². The fraction of sp³-hybridized carbons (Fsp3) is 0.292. The molecule has 7 nitrogen and oxygen atoms in total. The van der Waals surface area contributed by atoms with Crippen LogP contribution in [0.5, 0.6) is 0 Å². The molecule has 1 amide bonds. The molecule has 3 aromatic heterocycles. The Hall–Kier alpha value is -3.45. The average Bonchev–Trinajstić information content (AvgIpc) is 3.31. The van der Waals surface area contributed by atoms with Gasteiger partial charge in [-0.15, -0.1) is 0 Å². The van der Waals surface area contributed by atoms with E-state index in [0.717, 1.165) is 65.6 Å². The molecule has 1 aromatic carbocycles. The minimum Gasteiger partial charge on any atom is -0.336 e. The van der Waals surface area contributed by atoms with E-state index in [-0.39, 0.29) is 5.91 Å². The number of aryl methyl sites for hydroxylation is 3. The molecule has 0 radical (unpaired) electrons. The summed E-state index contributed by atoms with van der Waals surface area (Å²) in [7, 11) is 1.94. The minimum atomic E-state index is 0.0672. The lowest BCUT2D eigenvalue weighted by Crippen LogP contribution is -2.46. The van der Waals surface area contributed by atoms with Gasteiger partial charge in [0.1, 0.15) is 5.65 Å². The van der Waals surface area contributed by atoms with E-state index in [9.17, 15) is 4.79 Å². The summed E-state index contributed by atoms with van der Waals surface area (Å²) in [6.07, 6.45) is 4.00. The summed E-state index contributed by atoms with van der Waals surface area (Å²) in [6.45, 7) is 7.24. The van der Waals surface area contributed by atoms with Crippen molar-refractivity contribution in [3.63, 3.8) is 0 Å². The molecule has 0 atom stereocenters. The normalized spacial score (nSPS) is 14.4. The number of fused-ring (bicyclic) bond motifs is 1. The zero-order valence-electron chi connectivity index (χ0n) is 18.1. The van der Waals surface area contributed by atoms with Crippen LogP contribution >= 0.6 is 0 Å². The van der Waals surface area contributed by atoms with Crippen LogP contribution in [0.15, 0.2) is 48.8 Å². The molecule has 0 unspecified atom stereocenters. The lowest BCUT2D eigenvalue weighted by Gasteiger charge is -2.27. The summed E-state index contributed by atoms with van der Waals surface area (Å²) in [6, 6.07) is 12.1. The summed E-state index contributed by atoms with van der Waals surface area (Å²) in [5, 5.41) is 7.79. The molecule has 5 rings (SSSR count). The van der Waals surface area contributed by atoms with E-state index in [1.54, 1.807) is 0 Å². The van der Waals surface area contributed by atoms with Crippen LogP contribution in [0, 0.1) is 13.8 Å². The number of carbonyl (C=O) groups is 1. The number of aromatic nitrogens is 4. The van der Waals surface area contributed by atoms with E-state index >= 15 is 0 Å². The number of hydrogen-bond acceptors (Lipinski definition) is 4. The maximum atomic E-state index is 12.9. The molecule has 4 aromatic rings. The molecule has 1 N–H and O–H groups in total. The minimum absolute atomic E-state index is 0.0672. The molecule has 31 heavy (non-hydrogen) atoms. The van der Waals surface area contributed by atoms with Gasteiger partial charge in [-0.3, -0.25) is 9.48 Å². The first-order valence-electron chi connectivity index (χ1n) is 10.6. The number of benzene rings is 1. The van der Waals surface area contributed by atoms with Crippen molar-refractivity contribution < 1.29 is 4.79 Å². The Labute approximate surface area is 181 Å². The molecule has 1 fully saturated rings. The molecule has 0 bridgehead atoms. The highest BCUT2D eigenvalue weighted by molar-refractivity contribution is 5.95. The van der Waals surface area contributed by atoms with Gasteiger partial charge in [0.25, 0.3) is 5.91 Å². The maximum Gasteiger partial charge on any atom is 0.254 e. The van der Waals surface area contributed by atoms with Gasteiger partial charge < -0.3 is 14.6 Å². The SMILES string of the molecule is Cc1nn(C)cc1-c1ccccc1-c1nc2cc(C(=O)N3CCNCC3)ccn2c1C. The largest absolute Gasteiger partial charge is 0.336 e. The Morgan fingerprint density at radius 1 is 1.03 bits per heavy atom. The van der Waals surface area contributed by atoms with Crippen molar-refractivity contribution in [3.8, 4) is 22.4 Å². The van der Waals surface area contributed by atoms with Crippen LogP contribution < -0.4 is 5.32 Å². The first kappa shape index (κ1) is 19.5. The highest BCUT2D eigenvalue weighted by Crippen LogP contribution is 2.35. The van der Waals surface area contributed by atoms with Crippen molar-refractivity contribution in [3.05, 3.63) is 65.7 Å². The second-order valence-electron chi connectivity index (χ2n) is 8.08. The lowest BCUT2D eigenvalue weighted by molar-refractivity contribution is 0.0736. The van der Waals surface area contributed by atoms with E-state index in [4.69, 9.17) is 4.98 Å². The van der Waals surface area contributed by atoms with Crippen molar-refractivity contribution in [2.45, 2.75) is 13.8 Å². The van der Waals surface area contributed by atoms with E-state index in [0.29, 0.717) is 5.56 Å². The zero-order chi connectivity index (χ0) is 21.5. The fourth-order valence-corrected chi connectivity index (χ4v) is 4.39. The Kier molecular flexibility index (Phi) is 4.82. The third kappa shape index (κ3) is 3.41. The van der Waals surface area contributed by atoms with Gasteiger partial charge in [0.15, 0.2) is 0 Å². The smallest absolute Gasteiger partial charge is 0.254 e. The van der Waals surface area contributed by atoms with Crippen molar-refractivity contribution in [2.75, 3.05) is 26.2 Å². The Morgan fingerprint density at radius 3 is 2.48 bits per heavy atom. The van der Waals surface area contributed by atoms with Gasteiger partial charge in [-0.05, 0) is 31.5 Å². The fourth-order valence-electron chi connectivity index (χ4n) is 4.39. The highest BCUT2D eigenvalue weighted by Gasteiger charge is 2.21. The Morgan fingerprint density at radius 2 is 1.77 bits per heavy atom. The van der Waals surface area contributed by atoms with Crippen molar-refractivity contribution >= 4 is 11.6 Å². The first-order chi connectivity index (χ1) is 15.0. The van der Waals surface area contributed by atoms with Crippen molar-refractivity contribution in [1.82, 2.24) is 29.4 Å². The molecule has 1 aliphatic rings. The molecular weight excluding hydrogens is 388 g/mol. The van der Waals surface area contributed by atoms with Crippen LogP contribution in [0.1, 0.15) is 21.7 Å². The highest BCUT2D eigenvalue weighted by atomic mass is 16.2. The van der Waals surface area contributed by atoms with E-state index in [1.807, 2.05) is 60.2 Å². The van der Waals surface area contributed by atoms with Gasteiger partial charge in [-0.2, -0.15) is 5.10 Å². The Balaban J connectivity index is 1.58. The summed E-state index contributed by atoms with van der Waals surface area (Å²) in [4.78, 5) is 19.8. The van der Waals surface area contributed by atoms with Crippen LogP contribution in [0.2, 0.25) is 0 Å². The van der Waals surface area contributed by atoms with Crippen molar-refractivity contribution in [2.24, 2.45) is 7.05 Å². The summed E-state index contributed by atoms with van der Waals surface area (Å²) in [5.74, 6) is 0.0672. The third-order valence-corrected chi connectivity index (χ3v) is 6.00. The third-order valence-electron chi connectivity index (χ3n) is 6.00. The standard InChI is InChI=1S/C24H26N6O/c1-16-21(15-28(3)27-16)19-6-4-5-7-20(19)23-17(2)30-11-8-18(14-22(30)26-23)24(31)29-12-9-25-10-13-29/h4-8,11,14-15,25H,9-10,12-13H2,1-3H3. The van der Waals surface area contributed by atoms with E-state index in [2.05, 4.69) is 33.9 Å². The summed E-state index contributed by atoms with van der Waals surface area (Å²) >= 11 is 0. The van der Waals surface area contributed by atoms with Gasteiger partial charge in [-0.25, -0.2) is 4.98 Å². The quantitative estimate of drug-likeness (QED) is 0.560. The van der Waals surface area contributed by atoms with Crippen LogP contribution in [0.25, 0.3) is 28.0 Å². The molecule has 4 heterocycles. The summed E-state index contributed by atoms with van der Waals surface area (Å²) in [5.41, 5.74) is 7.69. The molecule has 0 spiro atoms. The van der Waals surface area contributed by atoms with Crippen LogP contribution in [0.3, 0.4) is 0 Å². The molecule has 0 saturated carbocycles. The van der Waals surface area contributed by atoms with Crippen LogP contribution in [0.4, 0.5) is 0 Å². The molecule has 7 heteroatoms. The number of nitrogens with zero attached hydrogens (tertiary/aromatic N) is 5. The number of carbonyl (C=O) groups excluding carboxylic acids is 1. The molecule has 158 valence electrons. The van der Waals surface area contributed by atoms with E-state index in [1.165, 1.54) is 0 Å². The van der Waals surface area contributed by atoms with Gasteiger partial charge in [-0.1, -0.05) is 24.3 Å². The first-order valence-corrected chi connectivity index (χ1v) is 10.6. The number of piperazine rings is 1. The zero-order valence-corrected chi connectivity index (χ0v) is 18.1. The lowest BCUT2D eigenvalue weighted by atomic mass is 9.97.